The largest absolute Gasteiger partial charge is 0.461 e. The van der Waals surface area contributed by atoms with Crippen molar-refractivity contribution in [2.24, 2.45) is 0 Å². The fraction of sp³-hybridized carbons (Fsp3) is 0.393. The SMILES string of the molecule is CC(C)OC(=O)[C@H](Cc1ccc(OC(=O)N2CCN(C)CC2)cc1)Nc1ncncc1N(C)S(=O)(=O)c1cccnc1. The number of esters is 1. The number of hydrogen-bond donors (Lipinski definition) is 1. The minimum Gasteiger partial charge on any atom is -0.461 e. The molecule has 1 amide bonds. The summed E-state index contributed by atoms with van der Waals surface area (Å²) < 4.78 is 38.5. The molecule has 42 heavy (non-hydrogen) atoms. The first-order valence-electron chi connectivity index (χ1n) is 13.4. The van der Waals surface area contributed by atoms with Gasteiger partial charge < -0.3 is 24.6 Å². The summed E-state index contributed by atoms with van der Waals surface area (Å²) in [6, 6.07) is 8.88. The van der Waals surface area contributed by atoms with Crippen molar-refractivity contribution >= 4 is 33.6 Å². The van der Waals surface area contributed by atoms with Crippen LogP contribution in [0.25, 0.3) is 0 Å². The number of rotatable bonds is 10. The molecule has 0 saturated carbocycles. The summed E-state index contributed by atoms with van der Waals surface area (Å²) in [5.74, 6) is -0.0291. The summed E-state index contributed by atoms with van der Waals surface area (Å²) in [6.07, 6.45) is 4.72. The number of nitrogens with zero attached hydrogens (tertiary/aromatic N) is 6. The molecule has 1 N–H and O–H groups in total. The molecule has 1 aromatic carbocycles. The standard InChI is InChI=1S/C28H35N7O6S/c1-20(2)40-27(36)24(16-21-7-9-22(10-8-21)41-28(37)35-14-12-33(3)13-15-35)32-26-25(18-30-19-31-26)34(4)42(38,39)23-6-5-11-29-17-23/h5-11,17-20,24H,12-16H2,1-4H3,(H,30,31,32)/t24-/m0/s1. The monoisotopic (exact) mass is 597 g/mol. The van der Waals surface area contributed by atoms with Gasteiger partial charge in [-0.15, -0.1) is 0 Å². The van der Waals surface area contributed by atoms with Crippen molar-refractivity contribution in [3.05, 3.63) is 66.9 Å². The number of piperazine rings is 1. The minimum absolute atomic E-state index is 0.00789. The highest BCUT2D eigenvalue weighted by Crippen LogP contribution is 2.28. The summed E-state index contributed by atoms with van der Waals surface area (Å²) in [7, 11) is -0.607. The highest BCUT2D eigenvalue weighted by atomic mass is 32.2. The second-order valence-corrected chi connectivity index (χ2v) is 12.1. The molecule has 0 aliphatic carbocycles. The van der Waals surface area contributed by atoms with Gasteiger partial charge in [-0.1, -0.05) is 12.1 Å². The fourth-order valence-electron chi connectivity index (χ4n) is 4.21. The van der Waals surface area contributed by atoms with Crippen LogP contribution in [0.3, 0.4) is 0 Å². The van der Waals surface area contributed by atoms with Gasteiger partial charge in [-0.3, -0.25) is 9.29 Å². The zero-order valence-electron chi connectivity index (χ0n) is 24.0. The van der Waals surface area contributed by atoms with Crippen molar-refractivity contribution in [3.63, 3.8) is 0 Å². The van der Waals surface area contributed by atoms with E-state index in [2.05, 4.69) is 25.2 Å². The van der Waals surface area contributed by atoms with Crippen LogP contribution in [0.2, 0.25) is 0 Å². The zero-order valence-corrected chi connectivity index (χ0v) is 24.8. The summed E-state index contributed by atoms with van der Waals surface area (Å²) >= 11 is 0. The molecular formula is C28H35N7O6S. The third-order valence-corrected chi connectivity index (χ3v) is 8.36. The Labute approximate surface area is 245 Å². The predicted octanol–water partition coefficient (Wildman–Crippen LogP) is 2.42. The molecule has 4 rings (SSSR count). The lowest BCUT2D eigenvalue weighted by Crippen LogP contribution is -2.48. The molecule has 13 nitrogen and oxygen atoms in total. The van der Waals surface area contributed by atoms with Gasteiger partial charge in [0, 0.05) is 52.0 Å². The number of hydrogen-bond acceptors (Lipinski definition) is 11. The number of aromatic nitrogens is 3. The van der Waals surface area contributed by atoms with E-state index in [0.717, 1.165) is 23.0 Å². The lowest BCUT2D eigenvalue weighted by molar-refractivity contribution is -0.148. The van der Waals surface area contributed by atoms with E-state index in [1.54, 1.807) is 43.0 Å². The number of ether oxygens (including phenoxy) is 2. The zero-order chi connectivity index (χ0) is 30.3. The number of benzene rings is 1. The number of anilines is 2. The van der Waals surface area contributed by atoms with Gasteiger partial charge in [0.15, 0.2) is 5.82 Å². The van der Waals surface area contributed by atoms with Crippen molar-refractivity contribution in [1.29, 1.82) is 0 Å². The Kier molecular flexibility index (Phi) is 9.91. The van der Waals surface area contributed by atoms with E-state index in [-0.39, 0.29) is 28.9 Å². The van der Waals surface area contributed by atoms with Crippen LogP contribution in [-0.2, 0) is 26.0 Å². The van der Waals surface area contributed by atoms with Crippen molar-refractivity contribution < 1.29 is 27.5 Å². The molecule has 1 aliphatic rings. The Balaban J connectivity index is 1.51. The van der Waals surface area contributed by atoms with Gasteiger partial charge in [-0.05, 0) is 50.7 Å². The molecular weight excluding hydrogens is 562 g/mol. The summed E-state index contributed by atoms with van der Waals surface area (Å²) in [6.45, 7) is 6.25. The number of pyridine rings is 1. The molecule has 2 aromatic heterocycles. The summed E-state index contributed by atoms with van der Waals surface area (Å²) in [5, 5.41) is 3.06. The normalized spacial score (nSPS) is 14.7. The van der Waals surface area contributed by atoms with Gasteiger partial charge in [-0.2, -0.15) is 0 Å². The second kappa shape index (κ2) is 13.6. The maximum atomic E-state index is 13.2. The van der Waals surface area contributed by atoms with Crippen LogP contribution in [0, 0.1) is 0 Å². The molecule has 0 bridgehead atoms. The Morgan fingerprint density at radius 1 is 1.05 bits per heavy atom. The van der Waals surface area contributed by atoms with E-state index in [1.807, 2.05) is 7.05 Å². The van der Waals surface area contributed by atoms with Crippen molar-refractivity contribution in [2.75, 3.05) is 49.9 Å². The van der Waals surface area contributed by atoms with Crippen LogP contribution >= 0.6 is 0 Å². The van der Waals surface area contributed by atoms with Crippen LogP contribution in [0.5, 0.6) is 5.75 Å². The van der Waals surface area contributed by atoms with Crippen LogP contribution < -0.4 is 14.4 Å². The number of carbonyl (C=O) groups excluding carboxylic acids is 2. The molecule has 1 saturated heterocycles. The lowest BCUT2D eigenvalue weighted by Gasteiger charge is -2.31. The van der Waals surface area contributed by atoms with Gasteiger partial charge in [0.05, 0.1) is 12.3 Å². The first kappa shape index (κ1) is 30.7. The minimum atomic E-state index is -3.99. The molecule has 1 fully saturated rings. The van der Waals surface area contributed by atoms with Gasteiger partial charge in [0.1, 0.15) is 28.7 Å². The summed E-state index contributed by atoms with van der Waals surface area (Å²) in [4.78, 5) is 41.6. The molecule has 1 aliphatic heterocycles. The maximum Gasteiger partial charge on any atom is 0.415 e. The number of nitrogens with one attached hydrogen (secondary N) is 1. The van der Waals surface area contributed by atoms with E-state index in [4.69, 9.17) is 9.47 Å². The van der Waals surface area contributed by atoms with Crippen molar-refractivity contribution in [1.82, 2.24) is 24.8 Å². The Bertz CT molecular complexity index is 1460. The topological polar surface area (TPSA) is 147 Å². The lowest BCUT2D eigenvalue weighted by atomic mass is 10.1. The van der Waals surface area contributed by atoms with E-state index in [0.29, 0.717) is 18.8 Å². The molecule has 1 atom stereocenters. The highest BCUT2D eigenvalue weighted by Gasteiger charge is 2.28. The first-order chi connectivity index (χ1) is 20.0. The number of sulfonamides is 1. The van der Waals surface area contributed by atoms with Crippen LogP contribution in [0.4, 0.5) is 16.3 Å². The van der Waals surface area contributed by atoms with Crippen LogP contribution in [0.15, 0.2) is 66.2 Å². The predicted molar refractivity (Wildman–Crippen MR) is 156 cm³/mol. The average Bonchev–Trinajstić information content (AvgIpc) is 2.98. The number of amides is 1. The molecule has 14 heteroatoms. The van der Waals surface area contributed by atoms with Crippen molar-refractivity contribution in [3.8, 4) is 5.75 Å². The molecule has 0 radical (unpaired) electrons. The van der Waals surface area contributed by atoms with E-state index < -0.39 is 28.1 Å². The molecule has 0 spiro atoms. The van der Waals surface area contributed by atoms with Crippen LogP contribution in [-0.4, -0.2) is 97.7 Å². The van der Waals surface area contributed by atoms with Gasteiger partial charge >= 0.3 is 12.1 Å². The quantitative estimate of drug-likeness (QED) is 0.344. The maximum absolute atomic E-state index is 13.2. The Morgan fingerprint density at radius 2 is 1.76 bits per heavy atom. The average molecular weight is 598 g/mol. The van der Waals surface area contributed by atoms with E-state index in [9.17, 15) is 18.0 Å². The molecule has 0 unspecified atom stereocenters. The summed E-state index contributed by atoms with van der Waals surface area (Å²) in [5.41, 5.74) is 0.884. The molecule has 3 heterocycles. The Hall–Kier alpha value is -4.30. The third kappa shape index (κ3) is 7.70. The van der Waals surface area contributed by atoms with E-state index in [1.165, 1.54) is 44.1 Å². The van der Waals surface area contributed by atoms with Crippen LogP contribution in [0.1, 0.15) is 19.4 Å². The van der Waals surface area contributed by atoms with Gasteiger partial charge in [0.2, 0.25) is 0 Å². The Morgan fingerprint density at radius 3 is 2.40 bits per heavy atom. The second-order valence-electron chi connectivity index (χ2n) is 10.1. The molecule has 224 valence electrons. The number of likely N-dealkylation sites (N-methyl/N-ethyl adjacent to an activating group) is 1. The third-order valence-electron chi connectivity index (χ3n) is 6.60. The van der Waals surface area contributed by atoms with Gasteiger partial charge in [0.25, 0.3) is 10.0 Å². The fourth-order valence-corrected chi connectivity index (χ4v) is 5.36. The highest BCUT2D eigenvalue weighted by molar-refractivity contribution is 7.92. The molecule has 3 aromatic rings. The van der Waals surface area contributed by atoms with Crippen molar-refractivity contribution in [2.45, 2.75) is 37.3 Å². The van der Waals surface area contributed by atoms with Gasteiger partial charge in [-0.25, -0.2) is 28.0 Å². The number of carbonyl (C=O) groups is 2. The van der Waals surface area contributed by atoms with E-state index >= 15 is 0 Å². The smallest absolute Gasteiger partial charge is 0.415 e. The first-order valence-corrected chi connectivity index (χ1v) is 14.9.